The quantitative estimate of drug-likeness (QED) is 0.788. The first-order valence-electron chi connectivity index (χ1n) is 8.93. The van der Waals surface area contributed by atoms with Crippen LogP contribution in [-0.2, 0) is 17.7 Å². The molecule has 0 saturated heterocycles. The molecular weight excluding hydrogens is 330 g/mol. The number of hydrogen-bond acceptors (Lipinski definition) is 4. The molecule has 1 aromatic heterocycles. The second kappa shape index (κ2) is 9.29. The molecule has 1 amide bonds. The van der Waals surface area contributed by atoms with Gasteiger partial charge < -0.3 is 10.1 Å². The van der Waals surface area contributed by atoms with Gasteiger partial charge in [0.2, 0.25) is 0 Å². The van der Waals surface area contributed by atoms with E-state index in [0.717, 1.165) is 12.0 Å². The normalized spacial score (nSPS) is 12.2. The summed E-state index contributed by atoms with van der Waals surface area (Å²) in [5, 5.41) is 7.20. The van der Waals surface area contributed by atoms with E-state index in [0.29, 0.717) is 13.2 Å². The molecule has 0 aliphatic carbocycles. The molecule has 0 bridgehead atoms. The van der Waals surface area contributed by atoms with E-state index in [1.165, 1.54) is 22.4 Å². The van der Waals surface area contributed by atoms with Gasteiger partial charge in [0.05, 0.1) is 19.2 Å². The number of aromatic nitrogens is 2. The van der Waals surface area contributed by atoms with E-state index < -0.39 is 0 Å². The van der Waals surface area contributed by atoms with E-state index >= 15 is 0 Å². The van der Waals surface area contributed by atoms with Crippen LogP contribution >= 0.6 is 0 Å². The summed E-state index contributed by atoms with van der Waals surface area (Å²) < 4.78 is 6.22. The molecule has 0 radical (unpaired) electrons. The highest BCUT2D eigenvalue weighted by Gasteiger charge is 2.20. The molecule has 0 saturated carbocycles. The van der Waals surface area contributed by atoms with Crippen molar-refractivity contribution in [3.8, 4) is 0 Å². The van der Waals surface area contributed by atoms with Crippen molar-refractivity contribution in [2.75, 3.05) is 13.7 Å². The molecule has 1 N–H and O–H groups in total. The van der Waals surface area contributed by atoms with Gasteiger partial charge in [-0.3, -0.25) is 9.59 Å². The zero-order valence-corrected chi connectivity index (χ0v) is 15.9. The number of aryl methyl sites for hydroxylation is 1. The van der Waals surface area contributed by atoms with E-state index in [1.807, 2.05) is 0 Å². The SMILES string of the molecule is CCc1ccc(C(NC(=O)c2ccc(=O)n(CCOC)n2)C(C)C)cc1. The highest BCUT2D eigenvalue weighted by molar-refractivity contribution is 5.92. The summed E-state index contributed by atoms with van der Waals surface area (Å²) in [5.41, 5.74) is 2.28. The maximum Gasteiger partial charge on any atom is 0.272 e. The van der Waals surface area contributed by atoms with Crippen molar-refractivity contribution in [3.05, 3.63) is 63.6 Å². The van der Waals surface area contributed by atoms with Crippen LogP contribution < -0.4 is 10.9 Å². The highest BCUT2D eigenvalue weighted by atomic mass is 16.5. The topological polar surface area (TPSA) is 73.2 Å². The smallest absolute Gasteiger partial charge is 0.272 e. The summed E-state index contributed by atoms with van der Waals surface area (Å²) in [7, 11) is 1.55. The Hall–Kier alpha value is -2.47. The van der Waals surface area contributed by atoms with Crippen LogP contribution in [0.4, 0.5) is 0 Å². The first-order valence-corrected chi connectivity index (χ1v) is 8.93. The molecular formula is C20H27N3O3. The van der Waals surface area contributed by atoms with Crippen LogP contribution in [0.2, 0.25) is 0 Å². The van der Waals surface area contributed by atoms with E-state index in [2.05, 4.69) is 55.5 Å². The minimum absolute atomic E-state index is 0.130. The molecule has 6 heteroatoms. The van der Waals surface area contributed by atoms with Gasteiger partial charge in [0.1, 0.15) is 5.69 Å². The van der Waals surface area contributed by atoms with Gasteiger partial charge in [0.25, 0.3) is 11.5 Å². The van der Waals surface area contributed by atoms with Crippen molar-refractivity contribution in [3.63, 3.8) is 0 Å². The number of ether oxygens (including phenoxy) is 1. The van der Waals surface area contributed by atoms with Gasteiger partial charge >= 0.3 is 0 Å². The van der Waals surface area contributed by atoms with Gasteiger partial charge in [-0.15, -0.1) is 0 Å². The van der Waals surface area contributed by atoms with Crippen molar-refractivity contribution in [2.24, 2.45) is 5.92 Å². The molecule has 1 aromatic carbocycles. The molecule has 1 unspecified atom stereocenters. The Morgan fingerprint density at radius 2 is 1.88 bits per heavy atom. The Bertz CT molecular complexity index is 782. The van der Waals surface area contributed by atoms with Crippen LogP contribution in [0.1, 0.15) is 48.4 Å². The molecule has 0 spiro atoms. The number of benzene rings is 1. The van der Waals surface area contributed by atoms with Gasteiger partial charge in [-0.25, -0.2) is 4.68 Å². The molecule has 26 heavy (non-hydrogen) atoms. The third-order valence-electron chi connectivity index (χ3n) is 4.31. The van der Waals surface area contributed by atoms with Crippen molar-refractivity contribution < 1.29 is 9.53 Å². The Balaban J connectivity index is 2.20. The number of rotatable bonds is 8. The van der Waals surface area contributed by atoms with Crippen molar-refractivity contribution in [1.82, 2.24) is 15.1 Å². The highest BCUT2D eigenvalue weighted by Crippen LogP contribution is 2.22. The number of hydrogen-bond donors (Lipinski definition) is 1. The summed E-state index contributed by atoms with van der Waals surface area (Å²) in [5.74, 6) is -0.0831. The number of carbonyl (C=O) groups is 1. The number of methoxy groups -OCH3 is 1. The Morgan fingerprint density at radius 1 is 1.19 bits per heavy atom. The largest absolute Gasteiger partial charge is 0.383 e. The summed E-state index contributed by atoms with van der Waals surface area (Å²) in [6, 6.07) is 11.0. The predicted octanol–water partition coefficient (Wildman–Crippen LogP) is 2.58. The van der Waals surface area contributed by atoms with Crippen LogP contribution in [0.5, 0.6) is 0 Å². The second-order valence-corrected chi connectivity index (χ2v) is 6.56. The van der Waals surface area contributed by atoms with Gasteiger partial charge in [-0.1, -0.05) is 45.0 Å². The number of nitrogens with zero attached hydrogens (tertiary/aromatic N) is 2. The fourth-order valence-corrected chi connectivity index (χ4v) is 2.72. The summed E-state index contributed by atoms with van der Waals surface area (Å²) in [6.07, 6.45) is 0.978. The standard InChI is InChI=1S/C20H27N3O3/c1-5-15-6-8-16(9-7-15)19(14(2)3)21-20(25)17-10-11-18(24)23(22-17)12-13-26-4/h6-11,14,19H,5,12-13H2,1-4H3,(H,21,25). The van der Waals surface area contributed by atoms with E-state index in [4.69, 9.17) is 4.74 Å². The maximum atomic E-state index is 12.7. The molecule has 1 heterocycles. The Kier molecular flexibility index (Phi) is 7.09. The van der Waals surface area contributed by atoms with Crippen molar-refractivity contribution in [2.45, 2.75) is 39.8 Å². The van der Waals surface area contributed by atoms with Crippen LogP contribution in [0.25, 0.3) is 0 Å². The molecule has 2 aromatic rings. The Morgan fingerprint density at radius 3 is 2.46 bits per heavy atom. The lowest BCUT2D eigenvalue weighted by atomic mass is 9.94. The van der Waals surface area contributed by atoms with Gasteiger partial charge in [0.15, 0.2) is 0 Å². The lowest BCUT2D eigenvalue weighted by molar-refractivity contribution is 0.0916. The monoisotopic (exact) mass is 357 g/mol. The summed E-state index contributed by atoms with van der Waals surface area (Å²) >= 11 is 0. The minimum Gasteiger partial charge on any atom is -0.383 e. The molecule has 140 valence electrons. The minimum atomic E-state index is -0.297. The average molecular weight is 357 g/mol. The molecule has 1 atom stereocenters. The molecule has 6 nitrogen and oxygen atoms in total. The first-order chi connectivity index (χ1) is 12.5. The predicted molar refractivity (Wildman–Crippen MR) is 101 cm³/mol. The van der Waals surface area contributed by atoms with Gasteiger partial charge in [-0.05, 0) is 29.5 Å². The van der Waals surface area contributed by atoms with E-state index in [1.54, 1.807) is 7.11 Å². The number of carbonyl (C=O) groups excluding carboxylic acids is 1. The summed E-state index contributed by atoms with van der Waals surface area (Å²) in [4.78, 5) is 24.5. The first kappa shape index (κ1) is 19.8. The van der Waals surface area contributed by atoms with Crippen molar-refractivity contribution in [1.29, 1.82) is 0 Å². The second-order valence-electron chi connectivity index (χ2n) is 6.56. The number of nitrogens with one attached hydrogen (secondary N) is 1. The third kappa shape index (κ3) is 5.02. The fraction of sp³-hybridized carbons (Fsp3) is 0.450. The molecule has 0 aliphatic heterocycles. The number of amides is 1. The molecule has 2 rings (SSSR count). The van der Waals surface area contributed by atoms with E-state index in [9.17, 15) is 9.59 Å². The third-order valence-corrected chi connectivity index (χ3v) is 4.31. The maximum absolute atomic E-state index is 12.7. The van der Waals surface area contributed by atoms with Crippen LogP contribution in [0.15, 0.2) is 41.2 Å². The lowest BCUT2D eigenvalue weighted by Gasteiger charge is -2.23. The average Bonchev–Trinajstić information content (AvgIpc) is 2.65. The molecule has 0 aliphatic rings. The Labute approximate surface area is 154 Å². The van der Waals surface area contributed by atoms with Crippen molar-refractivity contribution >= 4 is 5.91 Å². The zero-order chi connectivity index (χ0) is 19.1. The van der Waals surface area contributed by atoms with Crippen LogP contribution in [0.3, 0.4) is 0 Å². The fourth-order valence-electron chi connectivity index (χ4n) is 2.72. The van der Waals surface area contributed by atoms with Gasteiger partial charge in [-0.2, -0.15) is 5.10 Å². The van der Waals surface area contributed by atoms with E-state index in [-0.39, 0.29) is 29.1 Å². The zero-order valence-electron chi connectivity index (χ0n) is 15.9. The van der Waals surface area contributed by atoms with Gasteiger partial charge in [0, 0.05) is 13.2 Å². The van der Waals surface area contributed by atoms with Crippen LogP contribution in [-0.4, -0.2) is 29.4 Å². The molecule has 0 fully saturated rings. The van der Waals surface area contributed by atoms with Crippen LogP contribution in [0, 0.1) is 5.92 Å². The summed E-state index contributed by atoms with van der Waals surface area (Å²) in [6.45, 7) is 6.90. The lowest BCUT2D eigenvalue weighted by Crippen LogP contribution is -2.34.